The Morgan fingerprint density at radius 2 is 1.50 bits per heavy atom. The Balaban J connectivity index is 2.50. The van der Waals surface area contributed by atoms with Crippen molar-refractivity contribution in [1.82, 2.24) is 0 Å². The molecule has 82 valence electrons. The first kappa shape index (κ1) is 11.0. The molecule has 0 bridgehead atoms. The molecule has 0 aromatic heterocycles. The molecule has 1 N–H and O–H groups in total. The number of phenols is 1. The second-order valence-electron chi connectivity index (χ2n) is 3.97. The summed E-state index contributed by atoms with van der Waals surface area (Å²) in [4.78, 5) is 0. The quantitative estimate of drug-likeness (QED) is 0.776. The minimum absolute atomic E-state index is 0.321. The lowest BCUT2D eigenvalue weighted by atomic mass is 10.0. The van der Waals surface area contributed by atoms with Gasteiger partial charge in [-0.15, -0.1) is 0 Å². The maximum atomic E-state index is 9.46. The summed E-state index contributed by atoms with van der Waals surface area (Å²) in [6.07, 6.45) is 0. The van der Waals surface area contributed by atoms with Crippen molar-refractivity contribution in [3.63, 3.8) is 0 Å². The average molecular weight is 233 g/mol. The van der Waals surface area contributed by atoms with Crippen LogP contribution in [0.15, 0.2) is 36.4 Å². The fourth-order valence-corrected chi connectivity index (χ4v) is 1.79. The minimum Gasteiger partial charge on any atom is -0.508 e. The molecule has 0 aliphatic rings. The summed E-state index contributed by atoms with van der Waals surface area (Å²) in [5.41, 5.74) is 4.08. The fourth-order valence-electron chi connectivity index (χ4n) is 1.61. The molecule has 0 amide bonds. The summed E-state index contributed by atoms with van der Waals surface area (Å²) in [5, 5.41) is 10.2. The minimum atomic E-state index is 0.321. The molecule has 1 nitrogen and oxygen atoms in total. The highest BCUT2D eigenvalue weighted by Crippen LogP contribution is 2.28. The molecule has 0 heterocycles. The first-order chi connectivity index (χ1) is 7.58. The number of phenolic OH excluding ortho intramolecular Hbond substituents is 1. The van der Waals surface area contributed by atoms with Gasteiger partial charge in [-0.05, 0) is 54.3 Å². The molecule has 0 fully saturated rings. The zero-order valence-electron chi connectivity index (χ0n) is 9.29. The highest BCUT2D eigenvalue weighted by atomic mass is 35.5. The SMILES string of the molecule is Cc1cc(-c2ccc(C)c(Cl)c2)ccc1O. The molecule has 0 saturated heterocycles. The van der Waals surface area contributed by atoms with Crippen LogP contribution < -0.4 is 0 Å². The highest BCUT2D eigenvalue weighted by Gasteiger charge is 2.03. The number of benzene rings is 2. The van der Waals surface area contributed by atoms with E-state index in [9.17, 15) is 5.11 Å². The van der Waals surface area contributed by atoms with Gasteiger partial charge in [0.1, 0.15) is 5.75 Å². The first-order valence-electron chi connectivity index (χ1n) is 5.14. The molecule has 16 heavy (non-hydrogen) atoms. The van der Waals surface area contributed by atoms with E-state index in [-0.39, 0.29) is 0 Å². The van der Waals surface area contributed by atoms with Gasteiger partial charge in [0, 0.05) is 5.02 Å². The van der Waals surface area contributed by atoms with Crippen LogP contribution in [0.1, 0.15) is 11.1 Å². The van der Waals surface area contributed by atoms with Crippen LogP contribution in [0.5, 0.6) is 5.75 Å². The molecule has 2 heteroatoms. The third kappa shape index (κ3) is 2.05. The monoisotopic (exact) mass is 232 g/mol. The van der Waals surface area contributed by atoms with Crippen molar-refractivity contribution in [2.45, 2.75) is 13.8 Å². The van der Waals surface area contributed by atoms with Gasteiger partial charge in [0.15, 0.2) is 0 Å². The lowest BCUT2D eigenvalue weighted by molar-refractivity contribution is 0.471. The Labute approximate surface area is 100 Å². The van der Waals surface area contributed by atoms with Gasteiger partial charge < -0.3 is 5.11 Å². The van der Waals surface area contributed by atoms with Gasteiger partial charge in [-0.2, -0.15) is 0 Å². The summed E-state index contributed by atoms with van der Waals surface area (Å²) >= 11 is 6.09. The van der Waals surface area contributed by atoms with Gasteiger partial charge in [0.05, 0.1) is 0 Å². The molecule has 2 aromatic rings. The van der Waals surface area contributed by atoms with Crippen LogP contribution >= 0.6 is 11.6 Å². The van der Waals surface area contributed by atoms with Crippen molar-refractivity contribution in [3.05, 3.63) is 52.5 Å². The molecule has 0 radical (unpaired) electrons. The number of aromatic hydroxyl groups is 1. The zero-order valence-corrected chi connectivity index (χ0v) is 10.0. The molecule has 0 saturated carbocycles. The van der Waals surface area contributed by atoms with Crippen molar-refractivity contribution in [2.24, 2.45) is 0 Å². The Bertz CT molecular complexity index is 483. The largest absolute Gasteiger partial charge is 0.508 e. The summed E-state index contributed by atoms with van der Waals surface area (Å²) in [6, 6.07) is 11.5. The maximum Gasteiger partial charge on any atom is 0.118 e. The predicted octanol–water partition coefficient (Wildman–Crippen LogP) is 4.33. The van der Waals surface area contributed by atoms with Crippen LogP contribution in [0.25, 0.3) is 11.1 Å². The fraction of sp³-hybridized carbons (Fsp3) is 0.143. The van der Waals surface area contributed by atoms with E-state index in [4.69, 9.17) is 11.6 Å². The van der Waals surface area contributed by atoms with E-state index in [1.54, 1.807) is 6.07 Å². The van der Waals surface area contributed by atoms with Crippen LogP contribution in [-0.4, -0.2) is 5.11 Å². The zero-order chi connectivity index (χ0) is 11.7. The Morgan fingerprint density at radius 3 is 2.12 bits per heavy atom. The van der Waals surface area contributed by atoms with Crippen molar-refractivity contribution in [2.75, 3.05) is 0 Å². The lowest BCUT2D eigenvalue weighted by Crippen LogP contribution is -1.82. The molecule has 2 rings (SSSR count). The Morgan fingerprint density at radius 1 is 0.875 bits per heavy atom. The third-order valence-corrected chi connectivity index (χ3v) is 3.11. The topological polar surface area (TPSA) is 20.2 Å². The summed E-state index contributed by atoms with van der Waals surface area (Å²) < 4.78 is 0. The molecule has 0 spiro atoms. The lowest BCUT2D eigenvalue weighted by Gasteiger charge is -2.06. The molecule has 0 unspecified atom stereocenters. The van der Waals surface area contributed by atoms with Gasteiger partial charge in [0.25, 0.3) is 0 Å². The van der Waals surface area contributed by atoms with Crippen molar-refractivity contribution >= 4 is 11.6 Å². The van der Waals surface area contributed by atoms with Crippen LogP contribution in [-0.2, 0) is 0 Å². The second kappa shape index (κ2) is 4.18. The standard InChI is InChI=1S/C14H13ClO/c1-9-3-4-12(8-13(9)15)11-5-6-14(16)10(2)7-11/h3-8,16H,1-2H3. The van der Waals surface area contributed by atoms with Crippen molar-refractivity contribution < 1.29 is 5.11 Å². The number of hydrogen-bond acceptors (Lipinski definition) is 1. The van der Waals surface area contributed by atoms with Crippen molar-refractivity contribution in [3.8, 4) is 16.9 Å². The van der Waals surface area contributed by atoms with Crippen LogP contribution in [0, 0.1) is 13.8 Å². The van der Waals surface area contributed by atoms with E-state index in [2.05, 4.69) is 0 Å². The summed E-state index contributed by atoms with van der Waals surface area (Å²) in [5.74, 6) is 0.321. The van der Waals surface area contributed by atoms with Crippen molar-refractivity contribution in [1.29, 1.82) is 0 Å². The van der Waals surface area contributed by atoms with E-state index in [0.29, 0.717) is 5.75 Å². The van der Waals surface area contributed by atoms with Gasteiger partial charge in [-0.3, -0.25) is 0 Å². The number of hydrogen-bond donors (Lipinski definition) is 1. The normalized spacial score (nSPS) is 10.4. The molecule has 0 atom stereocenters. The first-order valence-corrected chi connectivity index (χ1v) is 5.52. The number of rotatable bonds is 1. The molecule has 2 aromatic carbocycles. The molecule has 0 aliphatic heterocycles. The van der Waals surface area contributed by atoms with E-state index in [1.807, 2.05) is 44.2 Å². The smallest absolute Gasteiger partial charge is 0.118 e. The molecule has 0 aliphatic carbocycles. The van der Waals surface area contributed by atoms with Gasteiger partial charge in [-0.25, -0.2) is 0 Å². The van der Waals surface area contributed by atoms with Gasteiger partial charge in [0.2, 0.25) is 0 Å². The Hall–Kier alpha value is -1.47. The van der Waals surface area contributed by atoms with Gasteiger partial charge >= 0.3 is 0 Å². The second-order valence-corrected chi connectivity index (χ2v) is 4.37. The van der Waals surface area contributed by atoms with E-state index in [1.165, 1.54) is 0 Å². The third-order valence-electron chi connectivity index (χ3n) is 2.70. The van der Waals surface area contributed by atoms with Gasteiger partial charge in [-0.1, -0.05) is 29.8 Å². The van der Waals surface area contributed by atoms with Crippen LogP contribution in [0.4, 0.5) is 0 Å². The molecular formula is C14H13ClO. The van der Waals surface area contributed by atoms with E-state index >= 15 is 0 Å². The predicted molar refractivity (Wildman–Crippen MR) is 68.0 cm³/mol. The number of aryl methyl sites for hydroxylation is 2. The summed E-state index contributed by atoms with van der Waals surface area (Å²) in [6.45, 7) is 3.86. The summed E-state index contributed by atoms with van der Waals surface area (Å²) in [7, 11) is 0. The van der Waals surface area contributed by atoms with E-state index in [0.717, 1.165) is 27.3 Å². The Kier molecular flexibility index (Phi) is 2.88. The van der Waals surface area contributed by atoms with Crippen LogP contribution in [0.3, 0.4) is 0 Å². The van der Waals surface area contributed by atoms with E-state index < -0.39 is 0 Å². The highest BCUT2D eigenvalue weighted by molar-refractivity contribution is 6.31. The molecular weight excluding hydrogens is 220 g/mol. The average Bonchev–Trinajstić information content (AvgIpc) is 2.26. The maximum absolute atomic E-state index is 9.46. The van der Waals surface area contributed by atoms with Crippen LogP contribution in [0.2, 0.25) is 5.02 Å². The number of halogens is 1.